The molecule has 3 aromatic rings. The summed E-state index contributed by atoms with van der Waals surface area (Å²) in [5.41, 5.74) is 5.06. The Bertz CT molecular complexity index is 1370. The third-order valence-electron chi connectivity index (χ3n) is 8.16. The SMILES string of the molecule is C=C(C)c1ccc(OC(C)F)cc1.CCC1CCCN(C(C)C)C1.CCCC(=O)c1cc(-c2ccc(F)c(F)c2)ccc1CCC. The molecule has 3 aromatic carbocycles. The molecule has 3 nitrogen and oxygen atoms in total. The van der Waals surface area contributed by atoms with Gasteiger partial charge in [-0.2, -0.15) is 0 Å². The number of rotatable bonds is 11. The van der Waals surface area contributed by atoms with Crippen molar-refractivity contribution in [2.24, 2.45) is 5.92 Å². The van der Waals surface area contributed by atoms with E-state index in [9.17, 15) is 18.0 Å². The van der Waals surface area contributed by atoms with Gasteiger partial charge in [-0.05, 0) is 112 Å². The molecule has 0 aromatic heterocycles. The number of allylic oxidation sites excluding steroid dienone is 1. The van der Waals surface area contributed by atoms with Gasteiger partial charge in [-0.1, -0.05) is 76.1 Å². The molecule has 0 radical (unpaired) electrons. The highest BCUT2D eigenvalue weighted by atomic mass is 19.2. The molecule has 0 spiro atoms. The second-order valence-corrected chi connectivity index (χ2v) is 12.4. The van der Waals surface area contributed by atoms with E-state index in [2.05, 4.69) is 39.2 Å². The van der Waals surface area contributed by atoms with Crippen molar-refractivity contribution in [3.63, 3.8) is 0 Å². The lowest BCUT2D eigenvalue weighted by Gasteiger charge is -2.34. The quantitative estimate of drug-likeness (QED) is 0.196. The fourth-order valence-electron chi connectivity index (χ4n) is 5.45. The zero-order valence-electron chi connectivity index (χ0n) is 29.0. The minimum atomic E-state index is -1.27. The molecule has 0 N–H and O–H groups in total. The van der Waals surface area contributed by atoms with E-state index in [0.717, 1.165) is 65.6 Å². The van der Waals surface area contributed by atoms with Gasteiger partial charge < -0.3 is 9.64 Å². The van der Waals surface area contributed by atoms with Gasteiger partial charge in [0.05, 0.1) is 0 Å². The summed E-state index contributed by atoms with van der Waals surface area (Å²) in [5, 5.41) is 0. The molecule has 2 unspecified atom stereocenters. The Balaban J connectivity index is 0.000000261. The average molecular weight is 638 g/mol. The van der Waals surface area contributed by atoms with Crippen molar-refractivity contribution in [3.05, 3.63) is 95.6 Å². The molecular weight excluding hydrogens is 583 g/mol. The number of benzene rings is 3. The smallest absolute Gasteiger partial charge is 0.235 e. The molecular formula is C40H54F3NO2. The van der Waals surface area contributed by atoms with Gasteiger partial charge in [0, 0.05) is 31.5 Å². The van der Waals surface area contributed by atoms with Crippen molar-refractivity contribution in [3.8, 4) is 16.9 Å². The number of ether oxygens (including phenoxy) is 1. The Morgan fingerprint density at radius 2 is 1.59 bits per heavy atom. The first-order valence-corrected chi connectivity index (χ1v) is 16.8. The predicted molar refractivity (Wildman–Crippen MR) is 187 cm³/mol. The predicted octanol–water partition coefficient (Wildman–Crippen LogP) is 11.5. The van der Waals surface area contributed by atoms with E-state index in [1.807, 2.05) is 38.1 Å². The zero-order valence-corrected chi connectivity index (χ0v) is 29.0. The van der Waals surface area contributed by atoms with Crippen molar-refractivity contribution in [1.29, 1.82) is 0 Å². The lowest BCUT2D eigenvalue weighted by Crippen LogP contribution is -2.39. The van der Waals surface area contributed by atoms with Crippen LogP contribution < -0.4 is 4.74 Å². The fourth-order valence-corrected chi connectivity index (χ4v) is 5.45. The molecule has 0 aliphatic carbocycles. The van der Waals surface area contributed by atoms with Gasteiger partial charge in [-0.15, -0.1) is 0 Å². The summed E-state index contributed by atoms with van der Waals surface area (Å²) in [6, 6.07) is 17.3. The van der Waals surface area contributed by atoms with Crippen molar-refractivity contribution in [2.75, 3.05) is 13.1 Å². The number of carbonyl (C=O) groups excluding carboxylic acids is 1. The highest BCUT2D eigenvalue weighted by molar-refractivity contribution is 5.98. The lowest BCUT2D eigenvalue weighted by atomic mass is 9.93. The number of hydrogen-bond acceptors (Lipinski definition) is 3. The molecule has 6 heteroatoms. The summed E-state index contributed by atoms with van der Waals surface area (Å²) in [6.07, 6.45) is 6.05. The maximum atomic E-state index is 13.4. The number of carbonyl (C=O) groups is 1. The first kappa shape index (κ1) is 38.8. The van der Waals surface area contributed by atoms with Crippen LogP contribution in [-0.2, 0) is 6.42 Å². The maximum Gasteiger partial charge on any atom is 0.235 e. The number of hydrogen-bond donors (Lipinski definition) is 0. The molecule has 0 amide bonds. The second-order valence-electron chi connectivity index (χ2n) is 12.4. The van der Waals surface area contributed by atoms with Crippen LogP contribution in [0.25, 0.3) is 16.7 Å². The lowest BCUT2D eigenvalue weighted by molar-refractivity contribution is 0.0860. The van der Waals surface area contributed by atoms with Crippen LogP contribution in [0.1, 0.15) is 108 Å². The third-order valence-corrected chi connectivity index (χ3v) is 8.16. The topological polar surface area (TPSA) is 29.5 Å². The zero-order chi connectivity index (χ0) is 34.2. The third kappa shape index (κ3) is 12.8. The molecule has 252 valence electrons. The van der Waals surface area contributed by atoms with Gasteiger partial charge >= 0.3 is 0 Å². The van der Waals surface area contributed by atoms with Gasteiger partial charge in [0.2, 0.25) is 6.36 Å². The number of aryl methyl sites for hydroxylation is 1. The highest BCUT2D eigenvalue weighted by Gasteiger charge is 2.19. The Morgan fingerprint density at radius 1 is 0.935 bits per heavy atom. The number of alkyl halides is 1. The summed E-state index contributed by atoms with van der Waals surface area (Å²) >= 11 is 0. The maximum absolute atomic E-state index is 13.4. The van der Waals surface area contributed by atoms with E-state index >= 15 is 0 Å². The molecule has 0 bridgehead atoms. The molecule has 1 saturated heterocycles. The van der Waals surface area contributed by atoms with Crippen LogP contribution in [0.15, 0.2) is 67.2 Å². The molecule has 1 fully saturated rings. The van der Waals surface area contributed by atoms with Crippen LogP contribution in [0.2, 0.25) is 0 Å². The number of Topliss-reactive ketones (excluding diaryl/α,β-unsaturated/α-hetero) is 1. The minimum absolute atomic E-state index is 0.107. The normalized spacial score (nSPS) is 15.2. The second kappa shape index (κ2) is 20.0. The number of ketones is 1. The van der Waals surface area contributed by atoms with Gasteiger partial charge in [0.1, 0.15) is 5.75 Å². The van der Waals surface area contributed by atoms with Gasteiger partial charge in [-0.3, -0.25) is 4.79 Å². The Hall–Kier alpha value is -3.38. The van der Waals surface area contributed by atoms with Crippen molar-refractivity contribution < 1.29 is 22.7 Å². The number of halogens is 3. The summed E-state index contributed by atoms with van der Waals surface area (Å²) in [7, 11) is 0. The summed E-state index contributed by atoms with van der Waals surface area (Å²) in [4.78, 5) is 14.9. The summed E-state index contributed by atoms with van der Waals surface area (Å²) in [5.74, 6) is -0.119. The molecule has 46 heavy (non-hydrogen) atoms. The molecule has 4 rings (SSSR count). The van der Waals surface area contributed by atoms with E-state index in [1.165, 1.54) is 45.3 Å². The minimum Gasteiger partial charge on any atom is -0.461 e. The van der Waals surface area contributed by atoms with Crippen LogP contribution in [0, 0.1) is 17.6 Å². The van der Waals surface area contributed by atoms with E-state index < -0.39 is 18.0 Å². The van der Waals surface area contributed by atoms with E-state index in [-0.39, 0.29) is 5.78 Å². The van der Waals surface area contributed by atoms with Crippen molar-refractivity contribution >= 4 is 11.4 Å². The molecule has 0 saturated carbocycles. The first-order chi connectivity index (χ1) is 21.9. The Labute approximate surface area is 275 Å². The molecule has 1 heterocycles. The summed E-state index contributed by atoms with van der Waals surface area (Å²) < 4.78 is 43.7. The number of piperidine rings is 1. The Morgan fingerprint density at radius 3 is 2.13 bits per heavy atom. The summed E-state index contributed by atoms with van der Waals surface area (Å²) in [6.45, 7) is 20.7. The van der Waals surface area contributed by atoms with Crippen LogP contribution in [0.3, 0.4) is 0 Å². The van der Waals surface area contributed by atoms with Crippen LogP contribution >= 0.6 is 0 Å². The fraction of sp³-hybridized carbons (Fsp3) is 0.475. The van der Waals surface area contributed by atoms with E-state index in [0.29, 0.717) is 23.3 Å². The molecule has 1 aliphatic heterocycles. The number of likely N-dealkylation sites (tertiary alicyclic amines) is 1. The average Bonchev–Trinajstić information content (AvgIpc) is 3.03. The van der Waals surface area contributed by atoms with Crippen LogP contribution in [0.5, 0.6) is 5.75 Å². The van der Waals surface area contributed by atoms with Gasteiger partial charge in [0.25, 0.3) is 0 Å². The van der Waals surface area contributed by atoms with E-state index in [1.54, 1.807) is 18.2 Å². The largest absolute Gasteiger partial charge is 0.461 e. The molecule has 2 atom stereocenters. The van der Waals surface area contributed by atoms with Crippen LogP contribution in [0.4, 0.5) is 13.2 Å². The van der Waals surface area contributed by atoms with Gasteiger partial charge in [0.15, 0.2) is 17.4 Å². The number of nitrogens with zero attached hydrogens (tertiary/aromatic N) is 1. The standard InChI is InChI=1S/C19H20F2O.C11H13FO.C10H21N/c1-3-5-13-7-8-14(11-16(13)19(22)6-4-2)15-9-10-17(20)18(21)12-15;1-8(2)10-4-6-11(7-5-10)13-9(3)12;1-4-10-6-5-7-11(8-10)9(2)3/h7-12H,3-6H2,1-2H3;4-7,9H,1H2,2-3H3;9-10H,4-8H2,1-3H3. The monoisotopic (exact) mass is 637 g/mol. The van der Waals surface area contributed by atoms with Crippen molar-refractivity contribution in [2.45, 2.75) is 106 Å². The Kier molecular flexibility index (Phi) is 16.9. The van der Waals surface area contributed by atoms with Crippen molar-refractivity contribution in [1.82, 2.24) is 4.90 Å². The highest BCUT2D eigenvalue weighted by Crippen LogP contribution is 2.26. The van der Waals surface area contributed by atoms with E-state index in [4.69, 9.17) is 4.74 Å². The van der Waals surface area contributed by atoms with Gasteiger partial charge in [-0.25, -0.2) is 13.2 Å². The molecule has 1 aliphatic rings. The van der Waals surface area contributed by atoms with Crippen LogP contribution in [-0.4, -0.2) is 36.2 Å². The first-order valence-electron chi connectivity index (χ1n) is 16.8.